The summed E-state index contributed by atoms with van der Waals surface area (Å²) in [6.07, 6.45) is 3.75. The van der Waals surface area contributed by atoms with Crippen LogP contribution < -0.4 is 5.73 Å². The fraction of sp³-hybridized carbons (Fsp3) is 0.500. The highest BCUT2D eigenvalue weighted by atomic mass is 32.2. The molecule has 16 heavy (non-hydrogen) atoms. The number of nitrogens with two attached hydrogens (primary N) is 1. The third-order valence-corrected chi connectivity index (χ3v) is 3.34. The largest absolute Gasteiger partial charge is 0.384 e. The predicted octanol–water partition coefficient (Wildman–Crippen LogP) is 3.09. The van der Waals surface area contributed by atoms with E-state index in [1.165, 1.54) is 0 Å². The zero-order valence-corrected chi connectivity index (χ0v) is 10.5. The summed E-state index contributed by atoms with van der Waals surface area (Å²) in [4.78, 5) is 5.16. The molecule has 3 nitrogen and oxygen atoms in total. The minimum atomic E-state index is -0.208. The molecule has 0 saturated heterocycles. The van der Waals surface area contributed by atoms with Crippen molar-refractivity contribution in [1.82, 2.24) is 4.98 Å². The maximum atomic E-state index is 8.86. The maximum Gasteiger partial charge on any atom is 0.123 e. The second-order valence-electron chi connectivity index (χ2n) is 4.37. The molecule has 0 bridgehead atoms. The van der Waals surface area contributed by atoms with E-state index in [1.54, 1.807) is 18.0 Å². The molecule has 0 amide bonds. The molecule has 0 aliphatic heterocycles. The van der Waals surface area contributed by atoms with Gasteiger partial charge in [0.05, 0.1) is 11.5 Å². The van der Waals surface area contributed by atoms with Gasteiger partial charge in [-0.2, -0.15) is 5.26 Å². The standard InChI is InChI=1S/C12H17N3S/c1-12(2,9-13)6-3-7-16-10-4-5-11(14)15-8-10/h4-5,8H,3,6-7H2,1-2H3,(H2,14,15). The smallest absolute Gasteiger partial charge is 0.123 e. The molecular weight excluding hydrogens is 218 g/mol. The number of nitrogens with zero attached hydrogens (tertiary/aromatic N) is 2. The highest BCUT2D eigenvalue weighted by molar-refractivity contribution is 7.99. The van der Waals surface area contributed by atoms with Gasteiger partial charge in [-0.25, -0.2) is 4.98 Å². The van der Waals surface area contributed by atoms with Crippen molar-refractivity contribution in [2.24, 2.45) is 5.41 Å². The van der Waals surface area contributed by atoms with Crippen LogP contribution in [0.1, 0.15) is 26.7 Å². The lowest BCUT2D eigenvalue weighted by atomic mass is 9.90. The molecule has 1 rings (SSSR count). The van der Waals surface area contributed by atoms with Crippen LogP contribution in [0.25, 0.3) is 0 Å². The van der Waals surface area contributed by atoms with Crippen LogP contribution in [-0.2, 0) is 0 Å². The van der Waals surface area contributed by atoms with E-state index in [-0.39, 0.29) is 5.41 Å². The van der Waals surface area contributed by atoms with E-state index in [9.17, 15) is 0 Å². The van der Waals surface area contributed by atoms with Crippen LogP contribution in [0.5, 0.6) is 0 Å². The predicted molar refractivity (Wildman–Crippen MR) is 68.0 cm³/mol. The van der Waals surface area contributed by atoms with Crippen molar-refractivity contribution in [1.29, 1.82) is 5.26 Å². The minimum Gasteiger partial charge on any atom is -0.384 e. The quantitative estimate of drug-likeness (QED) is 0.629. The first-order chi connectivity index (χ1) is 7.53. The third kappa shape index (κ3) is 4.54. The molecule has 0 aromatic carbocycles. The number of nitrogen functional groups attached to an aromatic ring is 1. The molecule has 0 spiro atoms. The summed E-state index contributed by atoms with van der Waals surface area (Å²) in [7, 11) is 0. The molecule has 86 valence electrons. The summed E-state index contributed by atoms with van der Waals surface area (Å²) in [5.41, 5.74) is 5.29. The zero-order chi connectivity index (χ0) is 12.0. The van der Waals surface area contributed by atoms with Gasteiger partial charge in [0.2, 0.25) is 0 Å². The average Bonchev–Trinajstić information content (AvgIpc) is 2.27. The van der Waals surface area contributed by atoms with E-state index in [2.05, 4.69) is 11.1 Å². The Morgan fingerprint density at radius 2 is 2.25 bits per heavy atom. The van der Waals surface area contributed by atoms with Crippen LogP contribution in [0.2, 0.25) is 0 Å². The van der Waals surface area contributed by atoms with E-state index >= 15 is 0 Å². The highest BCUT2D eigenvalue weighted by Crippen LogP contribution is 2.24. The van der Waals surface area contributed by atoms with Crippen molar-refractivity contribution >= 4 is 17.6 Å². The molecule has 0 radical (unpaired) electrons. The summed E-state index contributed by atoms with van der Waals surface area (Å²) in [6.45, 7) is 3.95. The molecule has 0 atom stereocenters. The summed E-state index contributed by atoms with van der Waals surface area (Å²) >= 11 is 1.75. The van der Waals surface area contributed by atoms with Gasteiger partial charge in [-0.05, 0) is 44.6 Å². The Bertz CT molecular complexity index is 365. The van der Waals surface area contributed by atoms with Crippen molar-refractivity contribution < 1.29 is 0 Å². The number of nitriles is 1. The van der Waals surface area contributed by atoms with Gasteiger partial charge >= 0.3 is 0 Å². The molecule has 4 heteroatoms. The Hall–Kier alpha value is -1.21. The van der Waals surface area contributed by atoms with Crippen LogP contribution in [0.4, 0.5) is 5.82 Å². The second kappa shape index (κ2) is 5.76. The average molecular weight is 235 g/mol. The fourth-order valence-corrected chi connectivity index (χ4v) is 2.05. The van der Waals surface area contributed by atoms with E-state index in [0.29, 0.717) is 5.82 Å². The number of thioether (sulfide) groups is 1. The lowest BCUT2D eigenvalue weighted by molar-refractivity contribution is 0.448. The first-order valence-corrected chi connectivity index (χ1v) is 6.28. The van der Waals surface area contributed by atoms with Gasteiger partial charge in [-0.3, -0.25) is 0 Å². The van der Waals surface area contributed by atoms with E-state index < -0.39 is 0 Å². The molecule has 0 fully saturated rings. The van der Waals surface area contributed by atoms with Gasteiger partial charge < -0.3 is 5.73 Å². The molecule has 0 unspecified atom stereocenters. The molecular formula is C12H17N3S. The summed E-state index contributed by atoms with van der Waals surface area (Å²) in [6, 6.07) is 6.09. The molecule has 0 aliphatic rings. The van der Waals surface area contributed by atoms with Gasteiger partial charge in [-0.15, -0.1) is 11.8 Å². The first kappa shape index (κ1) is 12.9. The Morgan fingerprint density at radius 1 is 1.50 bits per heavy atom. The van der Waals surface area contributed by atoms with Gasteiger partial charge in [0.15, 0.2) is 0 Å². The lowest BCUT2D eigenvalue weighted by Crippen LogP contribution is -2.07. The van der Waals surface area contributed by atoms with Crippen molar-refractivity contribution in [2.75, 3.05) is 11.5 Å². The SMILES string of the molecule is CC(C)(C#N)CCCSc1ccc(N)nc1. The van der Waals surface area contributed by atoms with Crippen LogP contribution in [0.15, 0.2) is 23.2 Å². The van der Waals surface area contributed by atoms with Crippen LogP contribution in [-0.4, -0.2) is 10.7 Å². The fourth-order valence-electron chi connectivity index (χ4n) is 1.24. The molecule has 0 aliphatic carbocycles. The molecule has 0 saturated carbocycles. The van der Waals surface area contributed by atoms with Gasteiger partial charge in [0, 0.05) is 11.1 Å². The Morgan fingerprint density at radius 3 is 2.81 bits per heavy atom. The van der Waals surface area contributed by atoms with Crippen molar-refractivity contribution in [3.63, 3.8) is 0 Å². The maximum absolute atomic E-state index is 8.86. The van der Waals surface area contributed by atoms with Gasteiger partial charge in [-0.1, -0.05) is 0 Å². The van der Waals surface area contributed by atoms with Crippen LogP contribution in [0.3, 0.4) is 0 Å². The van der Waals surface area contributed by atoms with Crippen molar-refractivity contribution in [3.05, 3.63) is 18.3 Å². The Kier molecular flexibility index (Phi) is 4.63. The van der Waals surface area contributed by atoms with Crippen LogP contribution >= 0.6 is 11.8 Å². The molecule has 2 N–H and O–H groups in total. The Labute approximate surface area is 101 Å². The summed E-state index contributed by atoms with van der Waals surface area (Å²) < 4.78 is 0. The summed E-state index contributed by atoms with van der Waals surface area (Å²) in [5.74, 6) is 1.56. The van der Waals surface area contributed by atoms with Crippen LogP contribution in [0, 0.1) is 16.7 Å². The number of aromatic nitrogens is 1. The number of pyridine rings is 1. The van der Waals surface area contributed by atoms with Gasteiger partial charge in [0.1, 0.15) is 5.82 Å². The van der Waals surface area contributed by atoms with E-state index in [1.807, 2.05) is 26.0 Å². The van der Waals surface area contributed by atoms with Crippen molar-refractivity contribution in [3.8, 4) is 6.07 Å². The molecule has 1 aromatic rings. The Balaban J connectivity index is 2.27. The highest BCUT2D eigenvalue weighted by Gasteiger charge is 2.15. The molecule has 1 heterocycles. The molecule has 1 aromatic heterocycles. The van der Waals surface area contributed by atoms with Gasteiger partial charge in [0.25, 0.3) is 0 Å². The topological polar surface area (TPSA) is 62.7 Å². The normalized spacial score (nSPS) is 11.1. The first-order valence-electron chi connectivity index (χ1n) is 5.29. The van der Waals surface area contributed by atoms with Crippen molar-refractivity contribution in [2.45, 2.75) is 31.6 Å². The number of hydrogen-bond acceptors (Lipinski definition) is 4. The summed E-state index contributed by atoms with van der Waals surface area (Å²) in [5, 5.41) is 8.86. The number of rotatable bonds is 5. The second-order valence-corrected chi connectivity index (χ2v) is 5.53. The number of anilines is 1. The monoisotopic (exact) mass is 235 g/mol. The van der Waals surface area contributed by atoms with E-state index in [4.69, 9.17) is 11.0 Å². The van der Waals surface area contributed by atoms with E-state index in [0.717, 1.165) is 23.5 Å². The lowest BCUT2D eigenvalue weighted by Gasteiger charge is -2.13. The number of hydrogen-bond donors (Lipinski definition) is 1. The minimum absolute atomic E-state index is 0.208. The third-order valence-electron chi connectivity index (χ3n) is 2.28. The zero-order valence-electron chi connectivity index (χ0n) is 9.73.